The number of amides is 2. The predicted octanol–water partition coefficient (Wildman–Crippen LogP) is 6.33. The van der Waals surface area contributed by atoms with Gasteiger partial charge in [0.1, 0.15) is 5.75 Å². The van der Waals surface area contributed by atoms with Crippen LogP contribution in [0.2, 0.25) is 0 Å². The topological polar surface area (TPSA) is 107 Å². The number of anilines is 1. The van der Waals surface area contributed by atoms with Crippen LogP contribution >= 0.6 is 0 Å². The molecule has 4 aromatic rings. The van der Waals surface area contributed by atoms with Crippen LogP contribution in [0.3, 0.4) is 0 Å². The highest BCUT2D eigenvalue weighted by Gasteiger charge is 2.20. The maximum Gasteiger partial charge on any atom is 0.337 e. The molecular weight excluding hydrogens is 530 g/mol. The van der Waals surface area contributed by atoms with Crippen molar-refractivity contribution in [3.63, 3.8) is 0 Å². The minimum atomic E-state index is -0.407. The van der Waals surface area contributed by atoms with E-state index in [1.165, 1.54) is 7.11 Å². The summed E-state index contributed by atoms with van der Waals surface area (Å²) < 4.78 is 10.2. The van der Waals surface area contributed by atoms with Crippen molar-refractivity contribution < 1.29 is 23.9 Å². The van der Waals surface area contributed by atoms with Crippen molar-refractivity contribution in [2.24, 2.45) is 0 Å². The Hall–Kier alpha value is -4.98. The van der Waals surface area contributed by atoms with Crippen LogP contribution in [0.15, 0.2) is 79.0 Å². The van der Waals surface area contributed by atoms with Gasteiger partial charge in [0, 0.05) is 23.4 Å². The highest BCUT2D eigenvalue weighted by molar-refractivity contribution is 6.06. The van der Waals surface area contributed by atoms with Gasteiger partial charge in [-0.05, 0) is 71.5 Å². The molecule has 0 bridgehead atoms. The number of pyridine rings is 1. The van der Waals surface area contributed by atoms with Crippen LogP contribution in [0.25, 0.3) is 11.1 Å². The number of nitrogens with one attached hydrogen (secondary N) is 2. The van der Waals surface area contributed by atoms with Crippen LogP contribution in [0.1, 0.15) is 68.7 Å². The second-order valence-electron chi connectivity index (χ2n) is 10.9. The van der Waals surface area contributed by atoms with E-state index < -0.39 is 5.97 Å². The maximum atomic E-state index is 13.3. The molecule has 8 heteroatoms. The van der Waals surface area contributed by atoms with E-state index in [2.05, 4.69) is 36.4 Å². The Morgan fingerprint density at radius 2 is 1.50 bits per heavy atom. The lowest BCUT2D eigenvalue weighted by Gasteiger charge is -2.21. The number of ether oxygens (including phenoxy) is 2. The van der Waals surface area contributed by atoms with E-state index in [9.17, 15) is 14.4 Å². The summed E-state index contributed by atoms with van der Waals surface area (Å²) >= 11 is 0. The van der Waals surface area contributed by atoms with E-state index in [0.717, 1.165) is 27.9 Å². The normalized spacial score (nSPS) is 11.0. The van der Waals surface area contributed by atoms with E-state index in [1.807, 2.05) is 43.3 Å². The number of benzene rings is 3. The fourth-order valence-electron chi connectivity index (χ4n) is 4.41. The van der Waals surface area contributed by atoms with Gasteiger partial charge in [-0.2, -0.15) is 0 Å². The van der Waals surface area contributed by atoms with E-state index in [-0.39, 0.29) is 17.2 Å². The molecule has 0 radical (unpaired) electrons. The highest BCUT2D eigenvalue weighted by Crippen LogP contribution is 2.30. The Kier molecular flexibility index (Phi) is 9.06. The van der Waals surface area contributed by atoms with Gasteiger partial charge in [-0.15, -0.1) is 0 Å². The number of aryl methyl sites for hydroxylation is 1. The molecule has 3 aromatic carbocycles. The number of hydrogen-bond donors (Lipinski definition) is 2. The molecule has 0 unspecified atom stereocenters. The quantitative estimate of drug-likeness (QED) is 0.242. The van der Waals surface area contributed by atoms with Crippen molar-refractivity contribution in [3.8, 4) is 16.9 Å². The van der Waals surface area contributed by atoms with Gasteiger partial charge in [-0.1, -0.05) is 51.1 Å². The van der Waals surface area contributed by atoms with Crippen LogP contribution < -0.4 is 15.4 Å². The number of hydrogen-bond acceptors (Lipinski definition) is 6. The number of rotatable bonds is 8. The Morgan fingerprint density at radius 1 is 0.833 bits per heavy atom. The molecule has 2 N–H and O–H groups in total. The molecule has 0 aliphatic rings. The fourth-order valence-corrected chi connectivity index (χ4v) is 4.41. The summed E-state index contributed by atoms with van der Waals surface area (Å²) in [5.41, 5.74) is 6.18. The summed E-state index contributed by atoms with van der Waals surface area (Å²) in [6.07, 6.45) is 1.62. The molecule has 0 fully saturated rings. The summed E-state index contributed by atoms with van der Waals surface area (Å²) in [7, 11) is 2.88. The average molecular weight is 566 g/mol. The van der Waals surface area contributed by atoms with Crippen LogP contribution in [0, 0.1) is 6.92 Å². The van der Waals surface area contributed by atoms with Gasteiger partial charge in [-0.25, -0.2) is 4.79 Å². The summed E-state index contributed by atoms with van der Waals surface area (Å²) in [4.78, 5) is 42.1. The maximum absolute atomic E-state index is 13.3. The summed E-state index contributed by atoms with van der Waals surface area (Å²) in [6, 6.07) is 21.6. The first kappa shape index (κ1) is 30.0. The predicted molar refractivity (Wildman–Crippen MR) is 163 cm³/mol. The number of carbonyl (C=O) groups is 3. The van der Waals surface area contributed by atoms with Crippen molar-refractivity contribution in [3.05, 3.63) is 113 Å². The molecule has 2 amide bonds. The van der Waals surface area contributed by atoms with Gasteiger partial charge in [0.25, 0.3) is 11.8 Å². The molecule has 0 aliphatic carbocycles. The van der Waals surface area contributed by atoms with Crippen LogP contribution in [-0.2, 0) is 16.7 Å². The van der Waals surface area contributed by atoms with E-state index in [1.54, 1.807) is 49.7 Å². The van der Waals surface area contributed by atoms with Crippen LogP contribution in [0.5, 0.6) is 5.75 Å². The monoisotopic (exact) mass is 565 g/mol. The third kappa shape index (κ3) is 7.01. The summed E-state index contributed by atoms with van der Waals surface area (Å²) in [5, 5.41) is 5.84. The van der Waals surface area contributed by atoms with Crippen LogP contribution in [0.4, 0.5) is 5.69 Å². The number of aromatic nitrogens is 1. The number of carbonyl (C=O) groups excluding carboxylic acids is 3. The SMILES string of the molecule is COC(=O)c1ccc(CNC(=O)c2ccc(-c3cc(NC(=O)c4cc(C(C)(C)C)ccc4OC)cnc3C)cc2)cc1. The van der Waals surface area contributed by atoms with Crippen molar-refractivity contribution in [2.75, 3.05) is 19.5 Å². The van der Waals surface area contributed by atoms with Gasteiger partial charge in [0.2, 0.25) is 0 Å². The van der Waals surface area contributed by atoms with E-state index in [4.69, 9.17) is 9.47 Å². The first-order chi connectivity index (χ1) is 20.0. The van der Waals surface area contributed by atoms with Crippen molar-refractivity contribution in [2.45, 2.75) is 39.7 Å². The van der Waals surface area contributed by atoms with Crippen molar-refractivity contribution in [1.82, 2.24) is 10.3 Å². The minimum Gasteiger partial charge on any atom is -0.496 e. The van der Waals surface area contributed by atoms with Crippen LogP contribution in [-0.4, -0.2) is 37.0 Å². The number of methoxy groups -OCH3 is 2. The molecule has 216 valence electrons. The molecule has 1 heterocycles. The second kappa shape index (κ2) is 12.7. The van der Waals surface area contributed by atoms with E-state index >= 15 is 0 Å². The molecule has 8 nitrogen and oxygen atoms in total. The highest BCUT2D eigenvalue weighted by atomic mass is 16.5. The zero-order valence-electron chi connectivity index (χ0n) is 24.7. The average Bonchev–Trinajstić information content (AvgIpc) is 2.99. The van der Waals surface area contributed by atoms with Crippen molar-refractivity contribution in [1.29, 1.82) is 0 Å². The minimum absolute atomic E-state index is 0.125. The van der Waals surface area contributed by atoms with Gasteiger partial charge in [-0.3, -0.25) is 14.6 Å². The standard InChI is InChI=1S/C34H35N3O5/c1-21-28(18-27(20-35-21)37-32(39)29-17-26(34(2,3)4)15-16-30(29)41-5)23-11-13-24(14-12-23)31(38)36-19-22-7-9-25(10-8-22)33(40)42-6/h7-18,20H,19H2,1-6H3,(H,36,38)(H,37,39). The number of nitrogens with zero attached hydrogens (tertiary/aromatic N) is 1. The summed E-state index contributed by atoms with van der Waals surface area (Å²) in [6.45, 7) is 8.48. The molecule has 0 saturated heterocycles. The molecule has 0 aliphatic heterocycles. The fraction of sp³-hybridized carbons (Fsp3) is 0.235. The Balaban J connectivity index is 1.46. The lowest BCUT2D eigenvalue weighted by molar-refractivity contribution is 0.0600. The number of esters is 1. The molecule has 0 spiro atoms. The Morgan fingerprint density at radius 3 is 2.12 bits per heavy atom. The molecule has 1 aromatic heterocycles. The van der Waals surface area contributed by atoms with Gasteiger partial charge in [0.05, 0.1) is 37.2 Å². The van der Waals surface area contributed by atoms with Gasteiger partial charge >= 0.3 is 5.97 Å². The summed E-state index contributed by atoms with van der Waals surface area (Å²) in [5.74, 6) is -0.426. The smallest absolute Gasteiger partial charge is 0.337 e. The molecule has 0 atom stereocenters. The first-order valence-corrected chi connectivity index (χ1v) is 13.5. The van der Waals surface area contributed by atoms with Gasteiger partial charge in [0.15, 0.2) is 0 Å². The van der Waals surface area contributed by atoms with Gasteiger partial charge < -0.3 is 20.1 Å². The molecular formula is C34H35N3O5. The van der Waals surface area contributed by atoms with E-state index in [0.29, 0.717) is 34.7 Å². The molecule has 42 heavy (non-hydrogen) atoms. The largest absolute Gasteiger partial charge is 0.496 e. The Bertz CT molecular complexity index is 1600. The Labute approximate surface area is 246 Å². The first-order valence-electron chi connectivity index (χ1n) is 13.5. The second-order valence-corrected chi connectivity index (χ2v) is 10.9. The zero-order valence-corrected chi connectivity index (χ0v) is 24.7. The third-order valence-corrected chi connectivity index (χ3v) is 6.94. The third-order valence-electron chi connectivity index (χ3n) is 6.94. The zero-order chi connectivity index (χ0) is 30.4. The lowest BCUT2D eigenvalue weighted by Crippen LogP contribution is -2.22. The molecule has 0 saturated carbocycles. The van der Waals surface area contributed by atoms with Crippen molar-refractivity contribution >= 4 is 23.5 Å². The lowest BCUT2D eigenvalue weighted by atomic mass is 9.86. The molecule has 4 rings (SSSR count).